The second-order valence-corrected chi connectivity index (χ2v) is 4.50. The molecule has 0 saturated heterocycles. The Morgan fingerprint density at radius 2 is 1.76 bits per heavy atom. The van der Waals surface area contributed by atoms with Crippen LogP contribution in [-0.4, -0.2) is 44.4 Å². The van der Waals surface area contributed by atoms with Gasteiger partial charge >= 0.3 is 23.3 Å². The molecule has 0 bridgehead atoms. The number of nitro groups is 3. The summed E-state index contributed by atoms with van der Waals surface area (Å²) in [5.74, 6) is -2.67. The number of carbonyl (C=O) groups excluding carboxylic acids is 2. The number of hydrogen-bond acceptors (Lipinski definition) is 9. The highest BCUT2D eigenvalue weighted by Crippen LogP contribution is 2.31. The van der Waals surface area contributed by atoms with Gasteiger partial charge in [0.05, 0.1) is 16.5 Å². The molecule has 1 aromatic carbocycles. The topological polar surface area (TPSA) is 176 Å². The second-order valence-electron chi connectivity index (χ2n) is 4.50. The zero-order chi connectivity index (χ0) is 19.3. The molecule has 0 spiro atoms. The van der Waals surface area contributed by atoms with Crippen molar-refractivity contribution in [2.45, 2.75) is 19.9 Å². The van der Waals surface area contributed by atoms with Crippen molar-refractivity contribution in [3.63, 3.8) is 0 Å². The number of ether oxygens (including phenoxy) is 1. The van der Waals surface area contributed by atoms with Crippen LogP contribution in [0.4, 0.5) is 11.4 Å². The minimum absolute atomic E-state index is 0.111. The van der Waals surface area contributed by atoms with E-state index in [9.17, 15) is 39.9 Å². The van der Waals surface area contributed by atoms with Crippen molar-refractivity contribution in [3.8, 4) is 0 Å². The van der Waals surface area contributed by atoms with Gasteiger partial charge in [-0.25, -0.2) is 14.9 Å². The standard InChI is InChI=1S/C12H12N4O9/c1-3-25-12(18)7(2)13(16(23)24)11(17)8-5-4-6-9(14(19)20)10(8)15(21)22/h4-7H,3H2,1-2H3/t7-/m0/s1. The molecule has 1 aromatic rings. The summed E-state index contributed by atoms with van der Waals surface area (Å²) in [6.45, 7) is 2.32. The van der Waals surface area contributed by atoms with Gasteiger partial charge in [0.2, 0.25) is 0 Å². The SMILES string of the molecule is CCOC(=O)[C@H](C)N(C(=O)c1cccc([N+](=O)[O-])c1[N+](=O)[O-])[N+](=O)[O-]. The van der Waals surface area contributed by atoms with Crippen molar-refractivity contribution in [2.24, 2.45) is 0 Å². The molecule has 0 unspecified atom stereocenters. The molecule has 0 aliphatic rings. The molecule has 13 heteroatoms. The van der Waals surface area contributed by atoms with Crippen molar-refractivity contribution < 1.29 is 29.2 Å². The van der Waals surface area contributed by atoms with Crippen LogP contribution in [0.5, 0.6) is 0 Å². The molecule has 0 heterocycles. The van der Waals surface area contributed by atoms with E-state index in [1.54, 1.807) is 0 Å². The van der Waals surface area contributed by atoms with E-state index in [1.807, 2.05) is 0 Å². The molecule has 1 amide bonds. The number of hydrazine groups is 1. The van der Waals surface area contributed by atoms with Crippen LogP contribution in [0.25, 0.3) is 0 Å². The molecule has 0 aliphatic carbocycles. The molecule has 13 nitrogen and oxygen atoms in total. The van der Waals surface area contributed by atoms with Crippen LogP contribution in [0.15, 0.2) is 18.2 Å². The summed E-state index contributed by atoms with van der Waals surface area (Å²) >= 11 is 0. The quantitative estimate of drug-likeness (QED) is 0.393. The van der Waals surface area contributed by atoms with E-state index in [1.165, 1.54) is 6.92 Å². The Hall–Kier alpha value is -3.64. The van der Waals surface area contributed by atoms with E-state index in [4.69, 9.17) is 0 Å². The zero-order valence-electron chi connectivity index (χ0n) is 13.0. The lowest BCUT2D eigenvalue weighted by Gasteiger charge is -2.18. The predicted molar refractivity (Wildman–Crippen MR) is 79.0 cm³/mol. The summed E-state index contributed by atoms with van der Waals surface area (Å²) in [6.07, 6.45) is 0. The number of nitrogens with zero attached hydrogens (tertiary/aromatic N) is 4. The first kappa shape index (κ1) is 19.4. The van der Waals surface area contributed by atoms with E-state index in [0.717, 1.165) is 25.1 Å². The Bertz CT molecular complexity index is 748. The van der Waals surface area contributed by atoms with E-state index >= 15 is 0 Å². The van der Waals surface area contributed by atoms with E-state index < -0.39 is 49.7 Å². The fraction of sp³-hybridized carbons (Fsp3) is 0.333. The van der Waals surface area contributed by atoms with Gasteiger partial charge in [0, 0.05) is 6.07 Å². The molecule has 1 atom stereocenters. The van der Waals surface area contributed by atoms with Gasteiger partial charge in [-0.3, -0.25) is 25.0 Å². The number of hydrogen-bond donors (Lipinski definition) is 0. The van der Waals surface area contributed by atoms with Crippen LogP contribution >= 0.6 is 0 Å². The van der Waals surface area contributed by atoms with Gasteiger partial charge < -0.3 is 4.74 Å². The lowest BCUT2D eigenvalue weighted by Crippen LogP contribution is -2.47. The summed E-state index contributed by atoms with van der Waals surface area (Å²) < 4.78 is 4.58. The second kappa shape index (κ2) is 7.76. The molecule has 0 aromatic heterocycles. The predicted octanol–water partition coefficient (Wildman–Crippen LogP) is 1.09. The van der Waals surface area contributed by atoms with Crippen LogP contribution in [0.2, 0.25) is 0 Å². The number of amides is 1. The van der Waals surface area contributed by atoms with Gasteiger partial charge in [-0.1, -0.05) is 6.07 Å². The first-order chi connectivity index (χ1) is 11.6. The van der Waals surface area contributed by atoms with Crippen LogP contribution in [0, 0.1) is 30.3 Å². The maximum Gasteiger partial charge on any atom is 0.358 e. The highest BCUT2D eigenvalue weighted by Gasteiger charge is 2.42. The number of rotatable bonds is 7. The fourth-order valence-electron chi connectivity index (χ4n) is 1.92. The third-order valence-corrected chi connectivity index (χ3v) is 3.00. The number of para-hydroxylation sites is 1. The highest BCUT2D eigenvalue weighted by molar-refractivity contribution is 6.00. The molecule has 0 N–H and O–H groups in total. The highest BCUT2D eigenvalue weighted by atomic mass is 16.7. The van der Waals surface area contributed by atoms with E-state index in [0.29, 0.717) is 0 Å². The summed E-state index contributed by atoms with van der Waals surface area (Å²) in [7, 11) is 0. The molecule has 0 aliphatic heterocycles. The molecular weight excluding hydrogens is 344 g/mol. The average Bonchev–Trinajstić information content (AvgIpc) is 2.53. The molecule has 1 rings (SSSR count). The van der Waals surface area contributed by atoms with E-state index in [-0.39, 0.29) is 11.6 Å². The van der Waals surface area contributed by atoms with Crippen molar-refractivity contribution in [1.29, 1.82) is 0 Å². The maximum absolute atomic E-state index is 12.4. The van der Waals surface area contributed by atoms with Crippen LogP contribution in [0.3, 0.4) is 0 Å². The molecule has 0 saturated carbocycles. The van der Waals surface area contributed by atoms with Crippen LogP contribution in [-0.2, 0) is 9.53 Å². The smallest absolute Gasteiger partial charge is 0.358 e. The summed E-state index contributed by atoms with van der Waals surface area (Å²) in [4.78, 5) is 54.9. The molecule has 0 radical (unpaired) electrons. The number of esters is 1. The monoisotopic (exact) mass is 356 g/mol. The Balaban J connectivity index is 3.47. The third-order valence-electron chi connectivity index (χ3n) is 3.00. The fourth-order valence-corrected chi connectivity index (χ4v) is 1.92. The minimum Gasteiger partial charge on any atom is -0.464 e. The number of benzene rings is 1. The van der Waals surface area contributed by atoms with Gasteiger partial charge in [0.15, 0.2) is 11.1 Å². The summed E-state index contributed by atoms with van der Waals surface area (Å²) in [6, 6.07) is 0.856. The van der Waals surface area contributed by atoms with Gasteiger partial charge in [-0.05, 0) is 24.9 Å². The molecule has 0 fully saturated rings. The zero-order valence-corrected chi connectivity index (χ0v) is 13.0. The first-order valence-corrected chi connectivity index (χ1v) is 6.69. The maximum atomic E-state index is 12.4. The van der Waals surface area contributed by atoms with Crippen LogP contribution in [0.1, 0.15) is 24.2 Å². The Kier molecular flexibility index (Phi) is 6.02. The molecule has 134 valence electrons. The summed E-state index contributed by atoms with van der Waals surface area (Å²) in [5.41, 5.74) is -3.12. The normalized spacial score (nSPS) is 11.3. The molecular formula is C12H12N4O9. The van der Waals surface area contributed by atoms with Gasteiger partial charge in [-0.15, -0.1) is 0 Å². The van der Waals surface area contributed by atoms with Crippen molar-refractivity contribution in [3.05, 3.63) is 54.1 Å². The van der Waals surface area contributed by atoms with Gasteiger partial charge in [0.25, 0.3) is 0 Å². The lowest BCUT2D eigenvalue weighted by molar-refractivity contribution is -0.637. The average molecular weight is 356 g/mol. The Labute approximate surface area is 139 Å². The number of nitro benzene ring substituents is 2. The minimum atomic E-state index is -1.71. The van der Waals surface area contributed by atoms with Crippen molar-refractivity contribution in [1.82, 2.24) is 5.01 Å². The Morgan fingerprint density at radius 3 is 2.20 bits per heavy atom. The third kappa shape index (κ3) is 4.01. The van der Waals surface area contributed by atoms with Crippen molar-refractivity contribution in [2.75, 3.05) is 6.61 Å². The lowest BCUT2D eigenvalue weighted by atomic mass is 10.1. The summed E-state index contributed by atoms with van der Waals surface area (Å²) in [5, 5.41) is 31.8. The molecule has 25 heavy (non-hydrogen) atoms. The van der Waals surface area contributed by atoms with Gasteiger partial charge in [0.1, 0.15) is 5.56 Å². The van der Waals surface area contributed by atoms with Gasteiger partial charge in [-0.2, -0.15) is 0 Å². The van der Waals surface area contributed by atoms with Crippen molar-refractivity contribution >= 4 is 23.3 Å². The van der Waals surface area contributed by atoms with Crippen LogP contribution < -0.4 is 0 Å². The number of carbonyl (C=O) groups is 2. The Morgan fingerprint density at radius 1 is 1.16 bits per heavy atom. The largest absolute Gasteiger partial charge is 0.464 e. The first-order valence-electron chi connectivity index (χ1n) is 6.69. The van der Waals surface area contributed by atoms with E-state index in [2.05, 4.69) is 4.74 Å².